The number of rotatable bonds is 3. The van der Waals surface area contributed by atoms with Crippen molar-refractivity contribution in [3.05, 3.63) is 33.0 Å². The quantitative estimate of drug-likeness (QED) is 0.695. The maximum Gasteiger partial charge on any atom is 0.216 e. The first kappa shape index (κ1) is 11.8. The predicted octanol–water partition coefficient (Wildman–Crippen LogP) is 2.74. The number of thiophene rings is 1. The Morgan fingerprint density at radius 2 is 2.61 bits per heavy atom. The normalized spacial score (nSPS) is 19.9. The fraction of sp³-hybridized carbons (Fsp3) is 0.364. The van der Waals surface area contributed by atoms with Crippen LogP contribution in [-0.2, 0) is 4.74 Å². The first-order chi connectivity index (χ1) is 8.84. The molecular formula is C11H12N4OS2. The van der Waals surface area contributed by atoms with Crippen LogP contribution in [0.25, 0.3) is 0 Å². The van der Waals surface area contributed by atoms with Gasteiger partial charge in [-0.3, -0.25) is 5.10 Å². The predicted molar refractivity (Wildman–Crippen MR) is 72.6 cm³/mol. The Labute approximate surface area is 113 Å². The van der Waals surface area contributed by atoms with Gasteiger partial charge < -0.3 is 4.74 Å². The van der Waals surface area contributed by atoms with E-state index in [2.05, 4.69) is 15.3 Å². The van der Waals surface area contributed by atoms with Gasteiger partial charge in [0, 0.05) is 12.2 Å². The van der Waals surface area contributed by atoms with Gasteiger partial charge in [-0.1, -0.05) is 0 Å². The van der Waals surface area contributed by atoms with Crippen molar-refractivity contribution in [2.75, 3.05) is 6.61 Å². The molecule has 1 saturated heterocycles. The van der Waals surface area contributed by atoms with Gasteiger partial charge in [0.1, 0.15) is 6.10 Å². The van der Waals surface area contributed by atoms with Crippen LogP contribution in [0.3, 0.4) is 0 Å². The van der Waals surface area contributed by atoms with E-state index in [0.717, 1.165) is 30.8 Å². The lowest BCUT2D eigenvalue weighted by Gasteiger charge is -2.06. The SMILES string of the molecule is S=c1[nH]nc([C@@H]2CCCO2)n1/N=C\c1ccsc1. The molecule has 3 heterocycles. The molecule has 94 valence electrons. The fourth-order valence-corrected chi connectivity index (χ4v) is 2.68. The summed E-state index contributed by atoms with van der Waals surface area (Å²) in [4.78, 5) is 0. The minimum Gasteiger partial charge on any atom is -0.370 e. The van der Waals surface area contributed by atoms with Crippen molar-refractivity contribution in [3.8, 4) is 0 Å². The molecule has 0 unspecified atom stereocenters. The van der Waals surface area contributed by atoms with Crippen LogP contribution in [0, 0.1) is 4.77 Å². The van der Waals surface area contributed by atoms with E-state index in [4.69, 9.17) is 17.0 Å². The first-order valence-corrected chi connectivity index (χ1v) is 7.05. The van der Waals surface area contributed by atoms with Crippen molar-refractivity contribution < 1.29 is 4.74 Å². The molecule has 3 rings (SSSR count). The minimum atomic E-state index is -0.00225. The van der Waals surface area contributed by atoms with Crippen LogP contribution < -0.4 is 0 Å². The van der Waals surface area contributed by atoms with E-state index in [1.807, 2.05) is 16.8 Å². The van der Waals surface area contributed by atoms with Gasteiger partial charge in [0.15, 0.2) is 5.82 Å². The third-order valence-corrected chi connectivity index (χ3v) is 3.72. The summed E-state index contributed by atoms with van der Waals surface area (Å²) in [5, 5.41) is 15.4. The first-order valence-electron chi connectivity index (χ1n) is 5.70. The Bertz CT molecular complexity index is 593. The van der Waals surface area contributed by atoms with Crippen LogP contribution in [0.1, 0.15) is 30.3 Å². The molecule has 0 aliphatic carbocycles. The molecule has 0 bridgehead atoms. The van der Waals surface area contributed by atoms with Crippen LogP contribution in [0.4, 0.5) is 0 Å². The Morgan fingerprint density at radius 1 is 1.67 bits per heavy atom. The summed E-state index contributed by atoms with van der Waals surface area (Å²) >= 11 is 6.82. The molecule has 0 aromatic carbocycles. The number of hydrogen-bond donors (Lipinski definition) is 1. The minimum absolute atomic E-state index is 0.00225. The number of nitrogens with one attached hydrogen (secondary N) is 1. The third kappa shape index (κ3) is 2.29. The highest BCUT2D eigenvalue weighted by Crippen LogP contribution is 2.26. The van der Waals surface area contributed by atoms with Crippen LogP contribution in [0.2, 0.25) is 0 Å². The van der Waals surface area contributed by atoms with Gasteiger partial charge in [-0.15, -0.1) is 0 Å². The van der Waals surface area contributed by atoms with Gasteiger partial charge in [0.2, 0.25) is 4.77 Å². The zero-order chi connectivity index (χ0) is 12.4. The van der Waals surface area contributed by atoms with Gasteiger partial charge in [-0.05, 0) is 41.9 Å². The fourth-order valence-electron chi connectivity index (χ4n) is 1.88. The summed E-state index contributed by atoms with van der Waals surface area (Å²) in [6.45, 7) is 0.776. The maximum atomic E-state index is 5.61. The molecule has 0 spiro atoms. The number of H-pyrrole nitrogens is 1. The summed E-state index contributed by atoms with van der Waals surface area (Å²) in [6, 6.07) is 2.00. The molecule has 18 heavy (non-hydrogen) atoms. The highest BCUT2D eigenvalue weighted by molar-refractivity contribution is 7.71. The van der Waals surface area contributed by atoms with E-state index in [9.17, 15) is 0 Å². The molecule has 1 N–H and O–H groups in total. The molecule has 2 aromatic rings. The zero-order valence-corrected chi connectivity index (χ0v) is 11.2. The maximum absolute atomic E-state index is 5.61. The Kier molecular flexibility index (Phi) is 3.35. The number of aromatic amines is 1. The summed E-state index contributed by atoms with van der Waals surface area (Å²) < 4.78 is 7.74. The second kappa shape index (κ2) is 5.13. The average molecular weight is 280 g/mol. The molecule has 7 heteroatoms. The second-order valence-electron chi connectivity index (χ2n) is 4.00. The van der Waals surface area contributed by atoms with E-state index in [1.165, 1.54) is 0 Å². The van der Waals surface area contributed by atoms with Crippen molar-refractivity contribution in [3.63, 3.8) is 0 Å². The van der Waals surface area contributed by atoms with Gasteiger partial charge in [0.05, 0.1) is 6.21 Å². The van der Waals surface area contributed by atoms with Crippen molar-refractivity contribution in [2.45, 2.75) is 18.9 Å². The number of nitrogens with zero attached hydrogens (tertiary/aromatic N) is 3. The van der Waals surface area contributed by atoms with E-state index >= 15 is 0 Å². The van der Waals surface area contributed by atoms with Crippen molar-refractivity contribution in [1.29, 1.82) is 0 Å². The number of ether oxygens (including phenoxy) is 1. The molecule has 5 nitrogen and oxygen atoms in total. The highest BCUT2D eigenvalue weighted by Gasteiger charge is 2.23. The Hall–Kier alpha value is -1.31. The molecule has 1 aliphatic heterocycles. The number of hydrogen-bond acceptors (Lipinski definition) is 5. The highest BCUT2D eigenvalue weighted by atomic mass is 32.1. The van der Waals surface area contributed by atoms with Gasteiger partial charge >= 0.3 is 0 Å². The van der Waals surface area contributed by atoms with Crippen molar-refractivity contribution in [2.24, 2.45) is 5.10 Å². The number of aromatic nitrogens is 3. The van der Waals surface area contributed by atoms with Crippen LogP contribution in [0.15, 0.2) is 21.9 Å². The van der Waals surface area contributed by atoms with E-state index in [1.54, 1.807) is 22.2 Å². The largest absolute Gasteiger partial charge is 0.370 e. The van der Waals surface area contributed by atoms with Crippen molar-refractivity contribution >= 4 is 29.8 Å². The molecule has 0 amide bonds. The zero-order valence-electron chi connectivity index (χ0n) is 9.57. The molecule has 1 fully saturated rings. The molecule has 0 saturated carbocycles. The third-order valence-electron chi connectivity index (χ3n) is 2.76. The molecule has 1 aliphatic rings. The van der Waals surface area contributed by atoms with Gasteiger partial charge in [-0.25, -0.2) is 0 Å². The topological polar surface area (TPSA) is 55.2 Å². The summed E-state index contributed by atoms with van der Waals surface area (Å²) in [7, 11) is 0. The molecule has 0 radical (unpaired) electrons. The lowest BCUT2D eigenvalue weighted by atomic mass is 10.2. The van der Waals surface area contributed by atoms with Crippen LogP contribution in [-0.4, -0.2) is 27.7 Å². The van der Waals surface area contributed by atoms with Crippen molar-refractivity contribution in [1.82, 2.24) is 14.9 Å². The average Bonchev–Trinajstić information content (AvgIpc) is 3.08. The summed E-state index contributed by atoms with van der Waals surface area (Å²) in [5.41, 5.74) is 1.06. The lowest BCUT2D eigenvalue weighted by molar-refractivity contribution is 0.102. The Morgan fingerprint density at radius 3 is 3.33 bits per heavy atom. The van der Waals surface area contributed by atoms with Gasteiger partial charge in [0.25, 0.3) is 0 Å². The van der Waals surface area contributed by atoms with E-state index in [-0.39, 0.29) is 6.10 Å². The van der Waals surface area contributed by atoms with Crippen LogP contribution >= 0.6 is 23.6 Å². The standard InChI is InChI=1S/C11H12N4OS2/c17-11-14-13-10(9-2-1-4-16-9)15(11)12-6-8-3-5-18-7-8/h3,5-7,9H,1-2,4H2,(H,14,17)/b12-6-/t9-/m0/s1. The Balaban J connectivity index is 1.91. The van der Waals surface area contributed by atoms with E-state index in [0.29, 0.717) is 4.77 Å². The summed E-state index contributed by atoms with van der Waals surface area (Å²) in [6.07, 6.45) is 3.80. The molecular weight excluding hydrogens is 268 g/mol. The van der Waals surface area contributed by atoms with Gasteiger partial charge in [-0.2, -0.15) is 26.2 Å². The lowest BCUT2D eigenvalue weighted by Crippen LogP contribution is -2.05. The smallest absolute Gasteiger partial charge is 0.216 e. The van der Waals surface area contributed by atoms with E-state index < -0.39 is 0 Å². The monoisotopic (exact) mass is 280 g/mol. The summed E-state index contributed by atoms with van der Waals surface area (Å²) in [5.74, 6) is 0.754. The molecule has 2 aromatic heterocycles. The second-order valence-corrected chi connectivity index (χ2v) is 5.17. The molecule has 1 atom stereocenters. The van der Waals surface area contributed by atoms with Crippen LogP contribution in [0.5, 0.6) is 0 Å².